The largest absolute Gasteiger partial charge is 0.489 e. The predicted molar refractivity (Wildman–Crippen MR) is 152 cm³/mol. The lowest BCUT2D eigenvalue weighted by Crippen LogP contribution is -2.34. The summed E-state index contributed by atoms with van der Waals surface area (Å²) in [5, 5.41) is 12.0. The minimum Gasteiger partial charge on any atom is -0.489 e. The molecule has 3 aromatic carbocycles. The van der Waals surface area contributed by atoms with Crippen LogP contribution in [0.15, 0.2) is 77.7 Å². The summed E-state index contributed by atoms with van der Waals surface area (Å²) in [6, 6.07) is 18.3. The summed E-state index contributed by atoms with van der Waals surface area (Å²) in [6.07, 6.45) is 0.0281. The first-order valence-corrected chi connectivity index (χ1v) is 15.0. The number of hydrogen-bond acceptors (Lipinski definition) is 7. The molecule has 3 atom stereocenters. The number of amides is 1. The van der Waals surface area contributed by atoms with Gasteiger partial charge in [-0.05, 0) is 73.2 Å². The third-order valence-electron chi connectivity index (χ3n) is 7.12. The lowest BCUT2D eigenvalue weighted by molar-refractivity contribution is -0.131. The van der Waals surface area contributed by atoms with E-state index >= 15 is 0 Å². The van der Waals surface area contributed by atoms with Gasteiger partial charge in [0.25, 0.3) is 5.91 Å². The molecule has 0 unspecified atom stereocenters. The number of anilines is 1. The molecule has 224 valence electrons. The van der Waals surface area contributed by atoms with E-state index in [2.05, 4.69) is 10.1 Å². The van der Waals surface area contributed by atoms with Crippen molar-refractivity contribution in [3.8, 4) is 5.75 Å². The lowest BCUT2D eigenvalue weighted by atomic mass is 10.1. The van der Waals surface area contributed by atoms with Crippen molar-refractivity contribution >= 4 is 27.4 Å². The SMILES string of the molecule is CCS(=O)(=O)c1ccc([C@H](C)NC(=O)c2ccc(N3C[C@@H](Oc4ccc(C(=O)O)cc4)C[C@H]3COC(F)F)cc2)cc1. The molecule has 1 amide bonds. The minimum atomic E-state index is -3.32. The predicted octanol–water partition coefficient (Wildman–Crippen LogP) is 4.93. The summed E-state index contributed by atoms with van der Waals surface area (Å²) in [5.74, 6) is -0.919. The normalized spacial score (nSPS) is 17.7. The summed E-state index contributed by atoms with van der Waals surface area (Å²) in [5.41, 5.74) is 1.96. The Morgan fingerprint density at radius 1 is 1.00 bits per heavy atom. The number of carbonyl (C=O) groups is 2. The van der Waals surface area contributed by atoms with Gasteiger partial charge in [-0.3, -0.25) is 4.79 Å². The number of hydrogen-bond donors (Lipinski definition) is 2. The molecule has 0 bridgehead atoms. The fraction of sp³-hybridized carbons (Fsp3) is 0.333. The van der Waals surface area contributed by atoms with E-state index < -0.39 is 28.5 Å². The third-order valence-corrected chi connectivity index (χ3v) is 8.87. The second-order valence-electron chi connectivity index (χ2n) is 9.92. The molecule has 3 aromatic rings. The molecule has 4 rings (SSSR count). The molecule has 0 spiro atoms. The monoisotopic (exact) mass is 602 g/mol. The minimum absolute atomic E-state index is 0.00210. The second kappa shape index (κ2) is 13.3. The number of nitrogens with zero attached hydrogens (tertiary/aromatic N) is 1. The van der Waals surface area contributed by atoms with Crippen molar-refractivity contribution < 1.29 is 41.4 Å². The summed E-state index contributed by atoms with van der Waals surface area (Å²) in [6.45, 7) is 0.589. The molecule has 0 aliphatic carbocycles. The Balaban J connectivity index is 1.42. The van der Waals surface area contributed by atoms with Crippen molar-refractivity contribution in [1.82, 2.24) is 5.32 Å². The maximum absolute atomic E-state index is 12.9. The highest BCUT2D eigenvalue weighted by atomic mass is 32.2. The van der Waals surface area contributed by atoms with E-state index in [-0.39, 0.29) is 40.9 Å². The number of benzene rings is 3. The van der Waals surface area contributed by atoms with Gasteiger partial charge in [0.1, 0.15) is 11.9 Å². The van der Waals surface area contributed by atoms with Gasteiger partial charge in [-0.25, -0.2) is 13.2 Å². The van der Waals surface area contributed by atoms with E-state index in [0.717, 1.165) is 5.56 Å². The van der Waals surface area contributed by atoms with Crippen LogP contribution in [0.1, 0.15) is 52.6 Å². The van der Waals surface area contributed by atoms with Gasteiger partial charge in [-0.2, -0.15) is 8.78 Å². The third kappa shape index (κ3) is 7.62. The summed E-state index contributed by atoms with van der Waals surface area (Å²) < 4.78 is 60.4. The molecule has 1 saturated heterocycles. The standard InChI is InChI=1S/C30H32F2N2O7S/c1-3-42(38,39)27-14-8-20(9-15-27)19(2)33-28(35)21-4-10-23(11-5-21)34-17-26(16-24(34)18-40-30(31)32)41-25-12-6-22(7-13-25)29(36)37/h4-15,19,24,26,30H,3,16-18H2,1-2H3,(H,33,35)(H,36,37)/t19-,24-,26-/m0/s1. The maximum Gasteiger partial charge on any atom is 0.345 e. The van der Waals surface area contributed by atoms with Crippen molar-refractivity contribution in [2.75, 3.05) is 23.8 Å². The molecule has 1 fully saturated rings. The fourth-order valence-electron chi connectivity index (χ4n) is 4.78. The molecular weight excluding hydrogens is 570 g/mol. The number of halogens is 2. The average molecular weight is 603 g/mol. The lowest BCUT2D eigenvalue weighted by Gasteiger charge is -2.26. The number of ether oxygens (including phenoxy) is 2. The number of sulfone groups is 1. The van der Waals surface area contributed by atoms with E-state index in [9.17, 15) is 26.8 Å². The van der Waals surface area contributed by atoms with Gasteiger partial charge in [0.15, 0.2) is 9.84 Å². The van der Waals surface area contributed by atoms with E-state index in [1.807, 2.05) is 4.90 Å². The van der Waals surface area contributed by atoms with Crippen molar-refractivity contribution in [3.05, 3.63) is 89.5 Å². The van der Waals surface area contributed by atoms with Crippen molar-refractivity contribution in [3.63, 3.8) is 0 Å². The molecule has 1 heterocycles. The van der Waals surface area contributed by atoms with Crippen LogP contribution >= 0.6 is 0 Å². The molecule has 0 saturated carbocycles. The van der Waals surface area contributed by atoms with Crippen LogP contribution in [0.3, 0.4) is 0 Å². The highest BCUT2D eigenvalue weighted by Crippen LogP contribution is 2.30. The summed E-state index contributed by atoms with van der Waals surface area (Å²) >= 11 is 0. The molecule has 1 aliphatic rings. The second-order valence-corrected chi connectivity index (χ2v) is 12.2. The quantitative estimate of drug-likeness (QED) is 0.299. The van der Waals surface area contributed by atoms with Crippen LogP contribution in [-0.2, 0) is 14.6 Å². The van der Waals surface area contributed by atoms with Gasteiger partial charge in [-0.1, -0.05) is 19.1 Å². The van der Waals surface area contributed by atoms with Gasteiger partial charge >= 0.3 is 12.6 Å². The number of carboxylic acids is 1. The number of alkyl halides is 2. The van der Waals surface area contributed by atoms with Gasteiger partial charge in [0, 0.05) is 17.7 Å². The molecular formula is C30H32F2N2O7S. The highest BCUT2D eigenvalue weighted by molar-refractivity contribution is 7.91. The topological polar surface area (TPSA) is 122 Å². The summed E-state index contributed by atoms with van der Waals surface area (Å²) in [4.78, 5) is 26.1. The zero-order valence-corrected chi connectivity index (χ0v) is 23.9. The number of rotatable bonds is 12. The van der Waals surface area contributed by atoms with Gasteiger partial charge in [-0.15, -0.1) is 0 Å². The average Bonchev–Trinajstić information content (AvgIpc) is 3.38. The van der Waals surface area contributed by atoms with Crippen LogP contribution < -0.4 is 15.0 Å². The zero-order chi connectivity index (χ0) is 30.4. The van der Waals surface area contributed by atoms with Gasteiger partial charge in [0.2, 0.25) is 0 Å². The van der Waals surface area contributed by atoms with Gasteiger partial charge in [0.05, 0.1) is 41.4 Å². The molecule has 1 aliphatic heterocycles. The number of carboxylic acid groups (broad SMARTS) is 1. The maximum atomic E-state index is 12.9. The van der Waals surface area contributed by atoms with Crippen LogP contribution in [-0.4, -0.2) is 63.1 Å². The molecule has 0 aromatic heterocycles. The van der Waals surface area contributed by atoms with Gasteiger partial charge < -0.3 is 24.8 Å². The van der Waals surface area contributed by atoms with E-state index in [0.29, 0.717) is 30.0 Å². The zero-order valence-electron chi connectivity index (χ0n) is 23.1. The summed E-state index contributed by atoms with van der Waals surface area (Å²) in [7, 11) is -3.32. The Labute approximate surface area is 243 Å². The first-order chi connectivity index (χ1) is 20.0. The van der Waals surface area contributed by atoms with Crippen molar-refractivity contribution in [2.45, 2.75) is 50.0 Å². The Morgan fingerprint density at radius 3 is 2.19 bits per heavy atom. The van der Waals surface area contributed by atoms with E-state index in [1.165, 1.54) is 24.3 Å². The molecule has 42 heavy (non-hydrogen) atoms. The Hall–Kier alpha value is -4.03. The van der Waals surface area contributed by atoms with Crippen LogP contribution in [0.4, 0.5) is 14.5 Å². The Morgan fingerprint density at radius 2 is 1.62 bits per heavy atom. The molecule has 12 heteroatoms. The first-order valence-electron chi connectivity index (χ1n) is 13.4. The Bertz CT molecular complexity index is 1480. The number of nitrogens with one attached hydrogen (secondary N) is 1. The van der Waals surface area contributed by atoms with Crippen LogP contribution in [0, 0.1) is 0 Å². The Kier molecular flexibility index (Phi) is 9.79. The van der Waals surface area contributed by atoms with Crippen LogP contribution in [0.5, 0.6) is 5.75 Å². The first kappa shape index (κ1) is 30.9. The van der Waals surface area contributed by atoms with E-state index in [4.69, 9.17) is 9.84 Å². The van der Waals surface area contributed by atoms with Crippen molar-refractivity contribution in [1.29, 1.82) is 0 Å². The fourth-order valence-corrected chi connectivity index (χ4v) is 5.67. The number of carbonyl (C=O) groups excluding carboxylic acids is 1. The highest BCUT2D eigenvalue weighted by Gasteiger charge is 2.34. The van der Waals surface area contributed by atoms with Crippen molar-refractivity contribution in [2.24, 2.45) is 0 Å². The molecule has 0 radical (unpaired) electrons. The molecule has 2 N–H and O–H groups in total. The smallest absolute Gasteiger partial charge is 0.345 e. The van der Waals surface area contributed by atoms with Crippen LogP contribution in [0.25, 0.3) is 0 Å². The van der Waals surface area contributed by atoms with E-state index in [1.54, 1.807) is 62.4 Å². The number of aromatic carboxylic acids is 1. The van der Waals surface area contributed by atoms with Crippen LogP contribution in [0.2, 0.25) is 0 Å². The molecule has 9 nitrogen and oxygen atoms in total.